The van der Waals surface area contributed by atoms with E-state index in [-0.39, 0.29) is 18.1 Å². The van der Waals surface area contributed by atoms with Crippen LogP contribution in [0.2, 0.25) is 0 Å². The lowest BCUT2D eigenvalue weighted by Crippen LogP contribution is -2.15. The van der Waals surface area contributed by atoms with Crippen molar-refractivity contribution in [1.82, 2.24) is 0 Å². The summed E-state index contributed by atoms with van der Waals surface area (Å²) in [6, 6.07) is 7.99. The highest BCUT2D eigenvalue weighted by atomic mass is 32.2. The molecule has 0 heterocycles. The second-order valence-corrected chi connectivity index (χ2v) is 10.1. The first-order chi connectivity index (χ1) is 19.1. The topological polar surface area (TPSA) is 117 Å². The van der Waals surface area contributed by atoms with Crippen molar-refractivity contribution in [2.24, 2.45) is 5.92 Å². The molecule has 228 valence electrons. The molecule has 0 fully saturated rings. The van der Waals surface area contributed by atoms with Crippen LogP contribution in [-0.4, -0.2) is 121 Å². The Morgan fingerprint density at radius 3 is 1.23 bits per heavy atom. The molecule has 0 radical (unpaired) electrons. The van der Waals surface area contributed by atoms with Crippen LogP contribution in [-0.2, 0) is 52.2 Å². The van der Waals surface area contributed by atoms with Gasteiger partial charge in [0.25, 0.3) is 10.1 Å². The van der Waals surface area contributed by atoms with Crippen molar-refractivity contribution in [3.63, 3.8) is 0 Å². The Kier molecular flexibility index (Phi) is 23.7. The molecule has 0 saturated carbocycles. The van der Waals surface area contributed by atoms with E-state index in [1.807, 2.05) is 0 Å². The first-order valence-corrected chi connectivity index (χ1v) is 15.0. The van der Waals surface area contributed by atoms with Gasteiger partial charge < -0.3 is 37.9 Å². The minimum absolute atomic E-state index is 0.0516. The van der Waals surface area contributed by atoms with Crippen molar-refractivity contribution < 1.29 is 50.5 Å². The molecule has 1 rings (SSSR count). The lowest BCUT2D eigenvalue weighted by molar-refractivity contribution is -0.0242. The molecule has 0 spiro atoms. The van der Waals surface area contributed by atoms with E-state index in [9.17, 15) is 8.42 Å². The van der Waals surface area contributed by atoms with E-state index in [4.69, 9.17) is 42.1 Å². The van der Waals surface area contributed by atoms with Gasteiger partial charge in [-0.1, -0.05) is 38.5 Å². The molecule has 12 heteroatoms. The molecule has 0 saturated heterocycles. The summed E-state index contributed by atoms with van der Waals surface area (Å²) < 4.78 is 72.2. The summed E-state index contributed by atoms with van der Waals surface area (Å²) in [6.45, 7) is 12.1. The van der Waals surface area contributed by atoms with Gasteiger partial charge in [-0.25, -0.2) is 0 Å². The Hall–Kier alpha value is -1.19. The zero-order valence-corrected chi connectivity index (χ0v) is 24.4. The van der Waals surface area contributed by atoms with Crippen LogP contribution < -0.4 is 0 Å². The minimum atomic E-state index is -3.75. The fourth-order valence-electron chi connectivity index (χ4n) is 2.80. The fourth-order valence-corrected chi connectivity index (χ4v) is 3.71. The number of hydrogen-bond donors (Lipinski definition) is 0. The van der Waals surface area contributed by atoms with Crippen LogP contribution in [0.5, 0.6) is 0 Å². The Morgan fingerprint density at radius 1 is 0.538 bits per heavy atom. The molecule has 1 aromatic rings. The van der Waals surface area contributed by atoms with Crippen molar-refractivity contribution in [3.05, 3.63) is 30.3 Å². The second-order valence-electron chi connectivity index (χ2n) is 8.46. The lowest BCUT2D eigenvalue weighted by atomic mass is 10.1. The summed E-state index contributed by atoms with van der Waals surface area (Å²) in [5.41, 5.74) is 0. The maximum Gasteiger partial charge on any atom is 0.297 e. The van der Waals surface area contributed by atoms with Gasteiger partial charge in [0, 0.05) is 6.61 Å². The summed E-state index contributed by atoms with van der Waals surface area (Å²) in [4.78, 5) is 0.125. The Balaban J connectivity index is 1.71. The monoisotopic (exact) mass is 580 g/mol. The van der Waals surface area contributed by atoms with Crippen molar-refractivity contribution in [2.75, 3.05) is 112 Å². The first kappa shape index (κ1) is 35.8. The van der Waals surface area contributed by atoms with Gasteiger partial charge >= 0.3 is 0 Å². The average Bonchev–Trinajstić information content (AvgIpc) is 2.95. The zero-order valence-electron chi connectivity index (χ0n) is 23.6. The molecule has 39 heavy (non-hydrogen) atoms. The van der Waals surface area contributed by atoms with Crippen LogP contribution in [0.4, 0.5) is 0 Å². The fraction of sp³-hybridized carbons (Fsp3) is 0.778. The summed E-state index contributed by atoms with van der Waals surface area (Å²) >= 11 is 0. The molecular formula is C27H48O11S. The van der Waals surface area contributed by atoms with E-state index in [2.05, 4.69) is 13.8 Å². The second kappa shape index (κ2) is 25.8. The summed E-state index contributed by atoms with van der Waals surface area (Å²) in [5, 5.41) is 0. The quantitative estimate of drug-likeness (QED) is 0.103. The first-order valence-electron chi connectivity index (χ1n) is 13.6. The van der Waals surface area contributed by atoms with Gasteiger partial charge in [0.1, 0.15) is 0 Å². The van der Waals surface area contributed by atoms with Crippen molar-refractivity contribution >= 4 is 10.1 Å². The lowest BCUT2D eigenvalue weighted by Gasteiger charge is -2.10. The summed E-state index contributed by atoms with van der Waals surface area (Å²) in [6.07, 6.45) is 1.13. The molecule has 1 aromatic carbocycles. The molecule has 11 nitrogen and oxygen atoms in total. The number of benzene rings is 1. The van der Waals surface area contributed by atoms with E-state index < -0.39 is 10.1 Å². The van der Waals surface area contributed by atoms with Crippen LogP contribution >= 0.6 is 0 Å². The largest absolute Gasteiger partial charge is 0.379 e. The predicted octanol–water partition coefficient (Wildman–Crippen LogP) is 2.57. The van der Waals surface area contributed by atoms with Gasteiger partial charge in [-0.2, -0.15) is 8.42 Å². The molecule has 0 aliphatic rings. The van der Waals surface area contributed by atoms with Gasteiger partial charge in [0.15, 0.2) is 0 Å². The van der Waals surface area contributed by atoms with Gasteiger partial charge in [0.05, 0.1) is 111 Å². The highest BCUT2D eigenvalue weighted by Gasteiger charge is 2.13. The smallest absolute Gasteiger partial charge is 0.297 e. The Labute approximate surface area is 234 Å². The van der Waals surface area contributed by atoms with Crippen LogP contribution in [0.1, 0.15) is 20.3 Å². The SMILES string of the molecule is CCC(C)COCCOCCOCCOCCOCCOCCOCCOCCOS(=O)(=O)c1ccccc1. The molecule has 0 bridgehead atoms. The maximum atomic E-state index is 11.9. The van der Waals surface area contributed by atoms with E-state index >= 15 is 0 Å². The summed E-state index contributed by atoms with van der Waals surface area (Å²) in [5.74, 6) is 0.590. The predicted molar refractivity (Wildman–Crippen MR) is 146 cm³/mol. The van der Waals surface area contributed by atoms with Gasteiger partial charge in [-0.15, -0.1) is 0 Å². The molecule has 0 N–H and O–H groups in total. The van der Waals surface area contributed by atoms with Crippen molar-refractivity contribution in [2.45, 2.75) is 25.2 Å². The van der Waals surface area contributed by atoms with E-state index in [0.717, 1.165) is 13.0 Å². The molecule has 0 aromatic heterocycles. The number of ether oxygens (including phenoxy) is 8. The van der Waals surface area contributed by atoms with E-state index in [1.54, 1.807) is 18.2 Å². The van der Waals surface area contributed by atoms with E-state index in [0.29, 0.717) is 98.4 Å². The number of hydrogen-bond acceptors (Lipinski definition) is 11. The molecule has 0 amide bonds. The maximum absolute atomic E-state index is 11.9. The Morgan fingerprint density at radius 2 is 0.872 bits per heavy atom. The van der Waals surface area contributed by atoms with Crippen molar-refractivity contribution in [3.8, 4) is 0 Å². The van der Waals surface area contributed by atoms with Crippen LogP contribution in [0.25, 0.3) is 0 Å². The minimum Gasteiger partial charge on any atom is -0.379 e. The van der Waals surface area contributed by atoms with Crippen molar-refractivity contribution in [1.29, 1.82) is 0 Å². The molecule has 1 unspecified atom stereocenters. The van der Waals surface area contributed by atoms with Crippen LogP contribution in [0.3, 0.4) is 0 Å². The van der Waals surface area contributed by atoms with Gasteiger partial charge in [-0.05, 0) is 18.1 Å². The molecule has 1 atom stereocenters. The zero-order chi connectivity index (χ0) is 28.3. The molecule has 0 aliphatic heterocycles. The normalized spacial score (nSPS) is 12.7. The highest BCUT2D eigenvalue weighted by molar-refractivity contribution is 7.86. The highest BCUT2D eigenvalue weighted by Crippen LogP contribution is 2.10. The third-order valence-corrected chi connectivity index (χ3v) is 6.53. The average molecular weight is 581 g/mol. The molecule has 0 aliphatic carbocycles. The van der Waals surface area contributed by atoms with Crippen LogP contribution in [0, 0.1) is 5.92 Å². The van der Waals surface area contributed by atoms with Gasteiger partial charge in [0.2, 0.25) is 0 Å². The molecular weight excluding hydrogens is 532 g/mol. The standard InChI is InChI=1S/C27H48O11S/c1-3-26(2)25-37-22-21-35-18-17-33-14-13-31-10-9-30-11-12-32-15-16-34-19-20-36-23-24-38-39(28,29)27-7-5-4-6-8-27/h4-8,26H,3,9-25H2,1-2H3. The van der Waals surface area contributed by atoms with Crippen LogP contribution in [0.15, 0.2) is 35.2 Å². The third kappa shape index (κ3) is 22.2. The Bertz CT molecular complexity index is 749. The third-order valence-electron chi connectivity index (χ3n) is 5.20. The number of rotatable bonds is 29. The van der Waals surface area contributed by atoms with E-state index in [1.165, 1.54) is 12.1 Å². The summed E-state index contributed by atoms with van der Waals surface area (Å²) in [7, 11) is -3.75. The van der Waals surface area contributed by atoms with Gasteiger partial charge in [-0.3, -0.25) is 4.18 Å².